The van der Waals surface area contributed by atoms with E-state index in [2.05, 4.69) is 46.7 Å². The molecule has 6 atom stereocenters. The lowest BCUT2D eigenvalue weighted by Gasteiger charge is -2.50. The molecule has 4 unspecified atom stereocenters. The molecule has 5 aliphatic heterocycles. The van der Waals surface area contributed by atoms with Crippen molar-refractivity contribution >= 4 is 34.9 Å². The fourth-order valence-corrected chi connectivity index (χ4v) is 9.74. The zero-order valence-corrected chi connectivity index (χ0v) is 25.1. The SMILES string of the molecule is C=C(F)C(=O)N1CC[C@@H]2[C@H]1CN2C1=NC(OCC23CCCN2CCC3)=NC2C=C(c3cccc4c3C3CC3C4)C(Cl)=CC12. The van der Waals surface area contributed by atoms with Crippen LogP contribution in [0.4, 0.5) is 4.39 Å². The Labute approximate surface area is 256 Å². The second-order valence-electron chi connectivity index (χ2n) is 13.9. The Hall–Kier alpha value is -2.97. The lowest BCUT2D eigenvalue weighted by Crippen LogP contribution is -2.66. The highest BCUT2D eigenvalue weighted by molar-refractivity contribution is 6.37. The van der Waals surface area contributed by atoms with Gasteiger partial charge in [-0.1, -0.05) is 42.5 Å². The van der Waals surface area contributed by atoms with Crippen LogP contribution in [0.25, 0.3) is 5.57 Å². The summed E-state index contributed by atoms with van der Waals surface area (Å²) in [5.41, 5.74) is 5.35. The first-order valence-electron chi connectivity index (χ1n) is 16.1. The molecule has 43 heavy (non-hydrogen) atoms. The number of halogens is 2. The summed E-state index contributed by atoms with van der Waals surface area (Å²) in [6, 6.07) is 6.96. The number of amidine groups is 2. The molecule has 8 aliphatic rings. The van der Waals surface area contributed by atoms with Gasteiger partial charge in [-0.05, 0) is 98.2 Å². The lowest BCUT2D eigenvalue weighted by atomic mass is 9.83. The maximum absolute atomic E-state index is 13.7. The highest BCUT2D eigenvalue weighted by Gasteiger charge is 2.53. The van der Waals surface area contributed by atoms with Gasteiger partial charge in [0.1, 0.15) is 12.4 Å². The normalized spacial score (nSPS) is 34.6. The zero-order valence-electron chi connectivity index (χ0n) is 24.4. The number of carbonyl (C=O) groups excluding carboxylic acids is 1. The van der Waals surface area contributed by atoms with Crippen molar-refractivity contribution in [1.82, 2.24) is 14.7 Å². The molecule has 9 rings (SSSR count). The Kier molecular flexibility index (Phi) is 5.85. The van der Waals surface area contributed by atoms with Gasteiger partial charge >= 0.3 is 6.02 Å². The molecule has 1 aromatic rings. The van der Waals surface area contributed by atoms with Gasteiger partial charge in [0.25, 0.3) is 5.91 Å². The molecule has 5 fully saturated rings. The van der Waals surface area contributed by atoms with E-state index in [-0.39, 0.29) is 29.6 Å². The molecule has 7 nitrogen and oxygen atoms in total. The van der Waals surface area contributed by atoms with Gasteiger partial charge in [0, 0.05) is 18.1 Å². The van der Waals surface area contributed by atoms with Gasteiger partial charge < -0.3 is 14.5 Å². The van der Waals surface area contributed by atoms with Gasteiger partial charge in [-0.25, -0.2) is 9.38 Å². The van der Waals surface area contributed by atoms with E-state index >= 15 is 0 Å². The molecule has 0 aromatic heterocycles. The second kappa shape index (κ2) is 9.51. The predicted molar refractivity (Wildman–Crippen MR) is 165 cm³/mol. The van der Waals surface area contributed by atoms with Crippen LogP contribution in [0.5, 0.6) is 0 Å². The number of carbonyl (C=O) groups is 1. The zero-order chi connectivity index (χ0) is 29.0. The number of amides is 1. The Bertz CT molecular complexity index is 1560. The quantitative estimate of drug-likeness (QED) is 0.454. The second-order valence-corrected chi connectivity index (χ2v) is 14.3. The summed E-state index contributed by atoms with van der Waals surface area (Å²) >= 11 is 7.12. The Morgan fingerprint density at radius 3 is 2.81 bits per heavy atom. The van der Waals surface area contributed by atoms with Crippen LogP contribution in [-0.4, -0.2) is 88.9 Å². The number of hydrogen-bond acceptors (Lipinski definition) is 6. The number of nitrogens with zero attached hydrogens (tertiary/aromatic N) is 5. The topological polar surface area (TPSA) is 60.7 Å². The van der Waals surface area contributed by atoms with Crippen LogP contribution in [-0.2, 0) is 16.0 Å². The van der Waals surface area contributed by atoms with Crippen LogP contribution < -0.4 is 0 Å². The molecule has 224 valence electrons. The summed E-state index contributed by atoms with van der Waals surface area (Å²) < 4.78 is 20.3. The summed E-state index contributed by atoms with van der Waals surface area (Å²) in [5, 5.41) is 0.742. The number of aliphatic imine (C=N–C) groups is 2. The summed E-state index contributed by atoms with van der Waals surface area (Å²) in [6.45, 7) is 7.26. The van der Waals surface area contributed by atoms with Crippen molar-refractivity contribution in [3.8, 4) is 0 Å². The third kappa shape index (κ3) is 3.98. The third-order valence-corrected chi connectivity index (χ3v) is 12.0. The summed E-state index contributed by atoms with van der Waals surface area (Å²) in [7, 11) is 0. The van der Waals surface area contributed by atoms with Crippen molar-refractivity contribution in [2.45, 2.75) is 74.5 Å². The van der Waals surface area contributed by atoms with E-state index < -0.39 is 11.7 Å². The van der Waals surface area contributed by atoms with E-state index in [0.29, 0.717) is 31.6 Å². The van der Waals surface area contributed by atoms with Crippen molar-refractivity contribution in [3.63, 3.8) is 0 Å². The molecule has 0 N–H and O–H groups in total. The molecule has 9 heteroatoms. The van der Waals surface area contributed by atoms with Crippen LogP contribution in [0.3, 0.4) is 0 Å². The Morgan fingerprint density at radius 1 is 1.16 bits per heavy atom. The fraction of sp³-hybridized carbons (Fsp3) is 0.559. The minimum absolute atomic E-state index is 0.0404. The average molecular weight is 602 g/mol. The van der Waals surface area contributed by atoms with E-state index in [9.17, 15) is 9.18 Å². The lowest BCUT2D eigenvalue weighted by molar-refractivity contribution is -0.131. The molecule has 5 heterocycles. The maximum atomic E-state index is 13.7. The van der Waals surface area contributed by atoms with Gasteiger partial charge in [0.2, 0.25) is 0 Å². The van der Waals surface area contributed by atoms with Crippen LogP contribution in [0.15, 0.2) is 57.8 Å². The smallest absolute Gasteiger partial charge is 0.314 e. The average Bonchev–Trinajstić information content (AvgIpc) is 3.28. The molecule has 3 aliphatic carbocycles. The first kappa shape index (κ1) is 26.4. The largest absolute Gasteiger partial charge is 0.462 e. The van der Waals surface area contributed by atoms with Crippen LogP contribution in [0.1, 0.15) is 61.1 Å². The van der Waals surface area contributed by atoms with Crippen LogP contribution >= 0.6 is 11.6 Å². The van der Waals surface area contributed by atoms with E-state index in [1.165, 1.54) is 42.4 Å². The maximum Gasteiger partial charge on any atom is 0.314 e. The molecule has 1 amide bonds. The van der Waals surface area contributed by atoms with Crippen LogP contribution in [0, 0.1) is 11.8 Å². The summed E-state index contributed by atoms with van der Waals surface area (Å²) in [5.74, 6) is 0.730. The van der Waals surface area contributed by atoms with Crippen molar-refractivity contribution in [1.29, 1.82) is 0 Å². The highest BCUT2D eigenvalue weighted by Crippen LogP contribution is 2.58. The summed E-state index contributed by atoms with van der Waals surface area (Å²) in [6.07, 6.45) is 12.3. The third-order valence-electron chi connectivity index (χ3n) is 11.7. The molecular formula is C34H37ClFN5O2. The number of allylic oxidation sites excluding steroid dienone is 2. The van der Waals surface area contributed by atoms with Crippen molar-refractivity contribution in [2.24, 2.45) is 21.8 Å². The van der Waals surface area contributed by atoms with Gasteiger partial charge in [0.05, 0.1) is 29.6 Å². The molecule has 1 saturated carbocycles. The minimum Gasteiger partial charge on any atom is -0.462 e. The molecule has 4 saturated heterocycles. The monoisotopic (exact) mass is 601 g/mol. The fourth-order valence-electron chi connectivity index (χ4n) is 9.44. The molecule has 0 spiro atoms. The van der Waals surface area contributed by atoms with E-state index in [1.54, 1.807) is 4.90 Å². The van der Waals surface area contributed by atoms with Gasteiger partial charge in [-0.2, -0.15) is 4.99 Å². The number of rotatable bonds is 4. The van der Waals surface area contributed by atoms with Crippen molar-refractivity contribution in [3.05, 3.63) is 64.5 Å². The number of ether oxygens (including phenoxy) is 1. The molecular weight excluding hydrogens is 565 g/mol. The van der Waals surface area contributed by atoms with E-state index in [0.717, 1.165) is 54.7 Å². The predicted octanol–water partition coefficient (Wildman–Crippen LogP) is 5.03. The molecule has 0 bridgehead atoms. The number of fused-ring (bicyclic) bond motifs is 6. The Balaban J connectivity index is 1.04. The first-order chi connectivity index (χ1) is 20.9. The first-order valence-corrected chi connectivity index (χ1v) is 16.5. The highest BCUT2D eigenvalue weighted by atomic mass is 35.5. The standard InChI is InChI=1S/C34H37ClFN5O2/c1-19(36)32(42)40-12-7-28-29(40)17-41(28)31-25-15-26(35)24(22-6-2-5-20-13-21-14-23(21)30(20)22)16-27(25)37-33(38-31)43-18-34-8-3-10-39(34)11-4-9-34/h2,5-6,15-16,21,23,25,27-29H,1,3-4,7-14,17-18H2/t21?,23?,25?,27?,28-,29-/m1/s1. The van der Waals surface area contributed by atoms with Gasteiger partial charge in [0.15, 0.2) is 5.83 Å². The van der Waals surface area contributed by atoms with Crippen molar-refractivity contribution in [2.75, 3.05) is 32.8 Å². The number of hydrogen-bond donors (Lipinski definition) is 0. The van der Waals surface area contributed by atoms with Gasteiger partial charge in [-0.15, -0.1) is 0 Å². The van der Waals surface area contributed by atoms with E-state index in [1.807, 2.05) is 0 Å². The number of likely N-dealkylation sites (tertiary alicyclic amines) is 2. The van der Waals surface area contributed by atoms with E-state index in [4.69, 9.17) is 26.3 Å². The van der Waals surface area contributed by atoms with Crippen molar-refractivity contribution < 1.29 is 13.9 Å². The van der Waals surface area contributed by atoms with Crippen LogP contribution in [0.2, 0.25) is 0 Å². The Morgan fingerprint density at radius 2 is 2.00 bits per heavy atom. The minimum atomic E-state index is -0.895. The molecule has 0 radical (unpaired) electrons. The molecule has 1 aromatic carbocycles. The number of benzene rings is 1. The summed E-state index contributed by atoms with van der Waals surface area (Å²) in [4.78, 5) is 29.1. The van der Waals surface area contributed by atoms with Gasteiger partial charge in [-0.3, -0.25) is 9.69 Å².